The quantitative estimate of drug-likeness (QED) is 0.809. The average molecular weight is 369 g/mol. The Morgan fingerprint density at radius 2 is 1.69 bits per heavy atom. The second-order valence-electron chi connectivity index (χ2n) is 6.51. The molecular formula is C21H21ClN2O2. The third-order valence-electron chi connectivity index (χ3n) is 4.59. The molecule has 0 radical (unpaired) electrons. The van der Waals surface area contributed by atoms with Crippen molar-refractivity contribution in [3.05, 3.63) is 69.4 Å². The Balaban J connectivity index is 2.17. The third kappa shape index (κ3) is 3.13. The Hall–Kier alpha value is -2.59. The van der Waals surface area contributed by atoms with Crippen LogP contribution in [0.15, 0.2) is 42.1 Å². The van der Waals surface area contributed by atoms with Crippen molar-refractivity contribution in [2.75, 3.05) is 11.9 Å². The lowest BCUT2D eigenvalue weighted by Crippen LogP contribution is -2.32. The molecule has 0 aromatic heterocycles. The van der Waals surface area contributed by atoms with Gasteiger partial charge in [0.2, 0.25) is 0 Å². The smallest absolute Gasteiger partial charge is 0.278 e. The zero-order valence-electron chi connectivity index (χ0n) is 15.3. The second-order valence-corrected chi connectivity index (χ2v) is 6.94. The number of anilines is 1. The molecule has 26 heavy (non-hydrogen) atoms. The van der Waals surface area contributed by atoms with E-state index in [9.17, 15) is 9.59 Å². The molecule has 0 fully saturated rings. The van der Waals surface area contributed by atoms with Crippen LogP contribution >= 0.6 is 11.6 Å². The number of carbonyl (C=O) groups is 2. The number of nitrogens with zero attached hydrogens (tertiary/aromatic N) is 1. The highest BCUT2D eigenvalue weighted by Crippen LogP contribution is 2.33. The molecular weight excluding hydrogens is 348 g/mol. The van der Waals surface area contributed by atoms with E-state index in [1.807, 2.05) is 45.0 Å². The number of hydrogen-bond acceptors (Lipinski definition) is 3. The second kappa shape index (κ2) is 6.96. The van der Waals surface area contributed by atoms with E-state index in [1.54, 1.807) is 19.1 Å². The number of halogens is 1. The summed E-state index contributed by atoms with van der Waals surface area (Å²) in [6, 6.07) is 11.3. The van der Waals surface area contributed by atoms with Crippen LogP contribution in [0.3, 0.4) is 0 Å². The number of amides is 2. The van der Waals surface area contributed by atoms with Crippen molar-refractivity contribution >= 4 is 34.7 Å². The summed E-state index contributed by atoms with van der Waals surface area (Å²) in [5, 5.41) is 3.73. The van der Waals surface area contributed by atoms with E-state index in [0.717, 1.165) is 22.3 Å². The minimum Gasteiger partial charge on any atom is -0.350 e. The van der Waals surface area contributed by atoms with Gasteiger partial charge in [-0.3, -0.25) is 14.5 Å². The van der Waals surface area contributed by atoms with Crippen LogP contribution in [-0.2, 0) is 9.59 Å². The van der Waals surface area contributed by atoms with Crippen LogP contribution in [0.4, 0.5) is 5.69 Å². The predicted octanol–water partition coefficient (Wildman–Crippen LogP) is 4.48. The fraction of sp³-hybridized carbons (Fsp3) is 0.238. The first-order valence-corrected chi connectivity index (χ1v) is 8.92. The van der Waals surface area contributed by atoms with Crippen molar-refractivity contribution in [1.82, 2.24) is 4.90 Å². The molecule has 0 aliphatic carbocycles. The van der Waals surface area contributed by atoms with Gasteiger partial charge in [-0.25, -0.2) is 0 Å². The van der Waals surface area contributed by atoms with Gasteiger partial charge in [0.15, 0.2) is 0 Å². The minimum absolute atomic E-state index is 0.272. The summed E-state index contributed by atoms with van der Waals surface area (Å²) in [7, 11) is 0. The van der Waals surface area contributed by atoms with Crippen LogP contribution in [0, 0.1) is 20.8 Å². The fourth-order valence-corrected chi connectivity index (χ4v) is 3.36. The van der Waals surface area contributed by atoms with E-state index in [0.29, 0.717) is 28.5 Å². The molecule has 1 aliphatic heterocycles. The van der Waals surface area contributed by atoms with Gasteiger partial charge >= 0.3 is 0 Å². The maximum Gasteiger partial charge on any atom is 0.278 e. The van der Waals surface area contributed by atoms with Gasteiger partial charge in [0.05, 0.1) is 5.57 Å². The molecule has 0 unspecified atom stereocenters. The van der Waals surface area contributed by atoms with E-state index < -0.39 is 0 Å². The molecule has 2 aromatic rings. The first kappa shape index (κ1) is 18.2. The summed E-state index contributed by atoms with van der Waals surface area (Å²) < 4.78 is 0. The Bertz CT molecular complexity index is 947. The number of hydrogen-bond donors (Lipinski definition) is 1. The van der Waals surface area contributed by atoms with Crippen molar-refractivity contribution in [1.29, 1.82) is 0 Å². The molecule has 1 aliphatic rings. The molecule has 4 nitrogen and oxygen atoms in total. The van der Waals surface area contributed by atoms with Gasteiger partial charge in [0, 0.05) is 17.3 Å². The number of rotatable bonds is 4. The highest BCUT2D eigenvalue weighted by atomic mass is 35.5. The molecule has 0 saturated heterocycles. The highest BCUT2D eigenvalue weighted by Gasteiger charge is 2.38. The number of likely N-dealkylation sites (N-methyl/N-ethyl adjacent to an activating group) is 1. The number of nitrogens with one attached hydrogen (secondary N) is 1. The van der Waals surface area contributed by atoms with Gasteiger partial charge in [0.25, 0.3) is 11.8 Å². The molecule has 3 rings (SSSR count). The topological polar surface area (TPSA) is 49.4 Å². The monoisotopic (exact) mass is 368 g/mol. The summed E-state index contributed by atoms with van der Waals surface area (Å²) in [5.41, 5.74) is 5.21. The normalized spacial score (nSPS) is 14.4. The predicted molar refractivity (Wildman–Crippen MR) is 105 cm³/mol. The molecule has 2 amide bonds. The molecule has 1 heterocycles. The lowest BCUT2D eigenvalue weighted by atomic mass is 9.97. The summed E-state index contributed by atoms with van der Waals surface area (Å²) in [6.07, 6.45) is 0. The van der Waals surface area contributed by atoms with Crippen molar-refractivity contribution in [2.45, 2.75) is 27.7 Å². The lowest BCUT2D eigenvalue weighted by Gasteiger charge is -2.13. The van der Waals surface area contributed by atoms with Crippen molar-refractivity contribution in [2.24, 2.45) is 0 Å². The molecule has 2 aromatic carbocycles. The van der Waals surface area contributed by atoms with E-state index >= 15 is 0 Å². The molecule has 0 spiro atoms. The molecule has 0 bridgehead atoms. The fourth-order valence-electron chi connectivity index (χ4n) is 3.19. The average Bonchev–Trinajstić information content (AvgIpc) is 2.81. The maximum absolute atomic E-state index is 12.9. The van der Waals surface area contributed by atoms with Crippen LogP contribution in [-0.4, -0.2) is 23.3 Å². The SMILES string of the molecule is CCN1C(=O)C(Nc2cc(Cl)ccc2C)=C(c2ccc(C)cc2C)C1=O. The molecule has 134 valence electrons. The molecule has 1 N–H and O–H groups in total. The van der Waals surface area contributed by atoms with E-state index in [2.05, 4.69) is 5.32 Å². The van der Waals surface area contributed by atoms with Crippen molar-refractivity contribution in [3.63, 3.8) is 0 Å². The van der Waals surface area contributed by atoms with Gasteiger partial charge in [-0.15, -0.1) is 0 Å². The van der Waals surface area contributed by atoms with E-state index in [1.165, 1.54) is 4.90 Å². The van der Waals surface area contributed by atoms with Gasteiger partial charge < -0.3 is 5.32 Å². The van der Waals surface area contributed by atoms with Gasteiger partial charge in [-0.2, -0.15) is 0 Å². The summed E-state index contributed by atoms with van der Waals surface area (Å²) >= 11 is 6.10. The third-order valence-corrected chi connectivity index (χ3v) is 4.83. The van der Waals surface area contributed by atoms with E-state index in [4.69, 9.17) is 11.6 Å². The number of benzene rings is 2. The lowest BCUT2D eigenvalue weighted by molar-refractivity contribution is -0.136. The molecule has 0 atom stereocenters. The van der Waals surface area contributed by atoms with Crippen molar-refractivity contribution in [3.8, 4) is 0 Å². The van der Waals surface area contributed by atoms with Gasteiger partial charge in [-0.1, -0.05) is 41.4 Å². The number of aryl methyl sites for hydroxylation is 3. The largest absolute Gasteiger partial charge is 0.350 e. The maximum atomic E-state index is 12.9. The zero-order valence-corrected chi connectivity index (χ0v) is 16.1. The zero-order chi connectivity index (χ0) is 19.0. The first-order valence-electron chi connectivity index (χ1n) is 8.54. The van der Waals surface area contributed by atoms with Crippen molar-refractivity contribution < 1.29 is 9.59 Å². The highest BCUT2D eigenvalue weighted by molar-refractivity contribution is 6.37. The Kier molecular flexibility index (Phi) is 4.88. The minimum atomic E-state index is -0.313. The number of imide groups is 1. The van der Waals surface area contributed by atoms with E-state index in [-0.39, 0.29) is 11.8 Å². The van der Waals surface area contributed by atoms with Gasteiger partial charge in [-0.05, 0) is 56.5 Å². The van der Waals surface area contributed by atoms with Crippen LogP contribution in [0.25, 0.3) is 5.57 Å². The Morgan fingerprint density at radius 1 is 0.962 bits per heavy atom. The van der Waals surface area contributed by atoms with Crippen LogP contribution in [0.5, 0.6) is 0 Å². The number of carbonyl (C=O) groups excluding carboxylic acids is 2. The first-order chi connectivity index (χ1) is 12.3. The van der Waals surface area contributed by atoms with Crippen LogP contribution in [0.2, 0.25) is 5.02 Å². The van der Waals surface area contributed by atoms with Crippen LogP contribution in [0.1, 0.15) is 29.2 Å². The molecule has 5 heteroatoms. The Labute approximate surface area is 158 Å². The summed E-state index contributed by atoms with van der Waals surface area (Å²) in [5.74, 6) is -0.585. The standard InChI is InChI=1S/C21H21ClN2O2/c1-5-24-20(25)18(16-9-6-12(2)10-14(16)4)19(21(24)26)23-17-11-15(22)8-7-13(17)3/h6-11,23H,5H2,1-4H3. The summed E-state index contributed by atoms with van der Waals surface area (Å²) in [4.78, 5) is 27.0. The Morgan fingerprint density at radius 3 is 2.35 bits per heavy atom. The van der Waals surface area contributed by atoms with Crippen LogP contribution < -0.4 is 5.32 Å². The van der Waals surface area contributed by atoms with Gasteiger partial charge in [0.1, 0.15) is 5.70 Å². The summed E-state index contributed by atoms with van der Waals surface area (Å²) in [6.45, 7) is 7.99. The molecule has 0 saturated carbocycles.